The molecule has 0 saturated carbocycles. The molecule has 0 saturated heterocycles. The van der Waals surface area contributed by atoms with Crippen molar-refractivity contribution in [1.82, 2.24) is 13.7 Å². The van der Waals surface area contributed by atoms with Gasteiger partial charge in [-0.05, 0) is 30.7 Å². The summed E-state index contributed by atoms with van der Waals surface area (Å²) >= 11 is 0. The summed E-state index contributed by atoms with van der Waals surface area (Å²) < 4.78 is 10.7. The summed E-state index contributed by atoms with van der Waals surface area (Å²) in [6, 6.07) is 12.2. The molecule has 1 aliphatic rings. The topological polar surface area (TPSA) is 98.6 Å². The second kappa shape index (κ2) is 7.13. The van der Waals surface area contributed by atoms with Crippen LogP contribution in [0.15, 0.2) is 52.1 Å². The lowest BCUT2D eigenvalue weighted by Crippen LogP contribution is -2.37. The van der Waals surface area contributed by atoms with Crippen molar-refractivity contribution in [3.63, 3.8) is 0 Å². The van der Waals surface area contributed by atoms with E-state index in [2.05, 4.69) is 0 Å². The Morgan fingerprint density at radius 2 is 1.81 bits per heavy atom. The minimum Gasteiger partial charge on any atom is -0.508 e. The van der Waals surface area contributed by atoms with E-state index in [0.29, 0.717) is 35.3 Å². The number of fused-ring (bicyclic) bond motifs is 3. The van der Waals surface area contributed by atoms with Crippen LogP contribution in [0.3, 0.4) is 0 Å². The van der Waals surface area contributed by atoms with Crippen LogP contribution in [0, 0.1) is 6.92 Å². The Balaban J connectivity index is 1.95. The average molecular weight is 433 g/mol. The van der Waals surface area contributed by atoms with Crippen molar-refractivity contribution in [3.8, 4) is 22.8 Å². The number of hydrogen-bond donors (Lipinski definition) is 2. The van der Waals surface area contributed by atoms with Crippen LogP contribution in [0.1, 0.15) is 22.9 Å². The van der Waals surface area contributed by atoms with Crippen molar-refractivity contribution in [3.05, 3.63) is 80.1 Å². The molecule has 5 rings (SSSR count). The first-order valence-electron chi connectivity index (χ1n) is 10.3. The van der Waals surface area contributed by atoms with E-state index in [1.54, 1.807) is 13.1 Å². The quantitative estimate of drug-likeness (QED) is 0.506. The fourth-order valence-electron chi connectivity index (χ4n) is 4.66. The predicted octanol–water partition coefficient (Wildman–Crippen LogP) is 2.54. The van der Waals surface area contributed by atoms with Gasteiger partial charge in [0.05, 0.1) is 28.9 Å². The molecule has 0 bridgehead atoms. The fraction of sp³-hybridized carbons (Fsp3) is 0.250. The highest BCUT2D eigenvalue weighted by Gasteiger charge is 2.34. The maximum absolute atomic E-state index is 13.4. The second-order valence-electron chi connectivity index (χ2n) is 8.18. The molecule has 2 aromatic carbocycles. The average Bonchev–Trinajstić information content (AvgIpc) is 3.12. The minimum absolute atomic E-state index is 0.0657. The molecular formula is C24H23N3O5. The molecule has 1 aliphatic heterocycles. The largest absolute Gasteiger partial charge is 0.508 e. The van der Waals surface area contributed by atoms with Gasteiger partial charge >= 0.3 is 5.69 Å². The lowest BCUT2D eigenvalue weighted by molar-refractivity contribution is 0.0464. The molecule has 164 valence electrons. The molecule has 8 nitrogen and oxygen atoms in total. The van der Waals surface area contributed by atoms with E-state index >= 15 is 0 Å². The maximum atomic E-state index is 13.4. The molecule has 1 atom stereocenters. The Hall–Kier alpha value is -3.78. The third-order valence-electron chi connectivity index (χ3n) is 6.14. The van der Waals surface area contributed by atoms with Crippen LogP contribution in [0.25, 0.3) is 22.2 Å². The molecule has 1 unspecified atom stereocenters. The Morgan fingerprint density at radius 1 is 1.03 bits per heavy atom. The smallest absolute Gasteiger partial charge is 0.331 e. The highest BCUT2D eigenvalue weighted by atomic mass is 16.5. The van der Waals surface area contributed by atoms with E-state index in [1.807, 2.05) is 35.8 Å². The SMILES string of the molecule is Cc1cccc(-c2c3c(=O)n(C)c(=O)n(C)c3c3n2CCOC3c2ccc(O)cc2O)c1. The van der Waals surface area contributed by atoms with Gasteiger partial charge in [-0.25, -0.2) is 4.79 Å². The summed E-state index contributed by atoms with van der Waals surface area (Å²) in [4.78, 5) is 26.2. The predicted molar refractivity (Wildman–Crippen MR) is 120 cm³/mol. The van der Waals surface area contributed by atoms with E-state index in [-0.39, 0.29) is 17.1 Å². The number of rotatable bonds is 2. The van der Waals surface area contributed by atoms with Crippen LogP contribution in [0.5, 0.6) is 11.5 Å². The molecular weight excluding hydrogens is 410 g/mol. The Labute approximate surface area is 183 Å². The van der Waals surface area contributed by atoms with Gasteiger partial charge in [-0.15, -0.1) is 0 Å². The molecule has 3 heterocycles. The number of ether oxygens (including phenoxy) is 1. The number of aryl methyl sites for hydroxylation is 2. The normalized spacial score (nSPS) is 15.8. The summed E-state index contributed by atoms with van der Waals surface area (Å²) in [5.74, 6) is -0.187. The van der Waals surface area contributed by atoms with Crippen LogP contribution < -0.4 is 11.2 Å². The van der Waals surface area contributed by atoms with Crippen LogP contribution >= 0.6 is 0 Å². The molecule has 0 spiro atoms. The standard InChI is InChI=1S/C24H23N3O5/c1-13-5-4-6-14(11-13)19-18-20(25(2)24(31)26(3)23(18)30)21-22(32-10-9-27(19)21)16-8-7-15(28)12-17(16)29/h4-8,11-12,22,28-29H,9-10H2,1-3H3. The molecule has 0 fully saturated rings. The summed E-state index contributed by atoms with van der Waals surface area (Å²) in [6.07, 6.45) is -0.719. The lowest BCUT2D eigenvalue weighted by atomic mass is 10.0. The molecule has 0 radical (unpaired) electrons. The van der Waals surface area contributed by atoms with Gasteiger partial charge in [0.1, 0.15) is 17.6 Å². The summed E-state index contributed by atoms with van der Waals surface area (Å²) in [5.41, 5.74) is 3.38. The highest BCUT2D eigenvalue weighted by molar-refractivity contribution is 5.96. The fourth-order valence-corrected chi connectivity index (χ4v) is 4.66. The number of aromatic nitrogens is 3. The van der Waals surface area contributed by atoms with Gasteiger partial charge in [-0.2, -0.15) is 0 Å². The first-order valence-corrected chi connectivity index (χ1v) is 10.3. The summed E-state index contributed by atoms with van der Waals surface area (Å²) in [7, 11) is 3.11. The number of phenols is 2. The zero-order valence-corrected chi connectivity index (χ0v) is 18.0. The van der Waals surface area contributed by atoms with Crippen LogP contribution in [0.4, 0.5) is 0 Å². The second-order valence-corrected chi connectivity index (χ2v) is 8.18. The van der Waals surface area contributed by atoms with Crippen LogP contribution in [-0.4, -0.2) is 30.5 Å². The number of benzene rings is 2. The van der Waals surface area contributed by atoms with E-state index in [1.165, 1.54) is 23.7 Å². The van der Waals surface area contributed by atoms with Gasteiger partial charge in [0.25, 0.3) is 5.56 Å². The van der Waals surface area contributed by atoms with Gasteiger partial charge < -0.3 is 19.5 Å². The lowest BCUT2D eigenvalue weighted by Gasteiger charge is -2.28. The van der Waals surface area contributed by atoms with Gasteiger partial charge in [0.2, 0.25) is 0 Å². The van der Waals surface area contributed by atoms with E-state index in [4.69, 9.17) is 4.74 Å². The minimum atomic E-state index is -0.719. The molecule has 4 aromatic rings. The van der Waals surface area contributed by atoms with Crippen molar-refractivity contribution in [2.75, 3.05) is 6.61 Å². The van der Waals surface area contributed by atoms with Gasteiger partial charge in [0, 0.05) is 32.3 Å². The summed E-state index contributed by atoms with van der Waals surface area (Å²) in [6.45, 7) is 2.83. The Bertz CT molecular complexity index is 1510. The molecule has 32 heavy (non-hydrogen) atoms. The van der Waals surface area contributed by atoms with Crippen LogP contribution in [0.2, 0.25) is 0 Å². The summed E-state index contributed by atoms with van der Waals surface area (Å²) in [5, 5.41) is 20.7. The Kier molecular flexibility index (Phi) is 4.49. The third kappa shape index (κ3) is 2.80. The first-order chi connectivity index (χ1) is 15.3. The number of phenolic OH excluding ortho intramolecular Hbond substituents is 2. The van der Waals surface area contributed by atoms with Gasteiger partial charge in [-0.3, -0.25) is 13.9 Å². The zero-order valence-electron chi connectivity index (χ0n) is 18.0. The molecule has 2 aromatic heterocycles. The van der Waals surface area contributed by atoms with Crippen molar-refractivity contribution < 1.29 is 14.9 Å². The number of nitrogens with zero attached hydrogens (tertiary/aromatic N) is 3. The van der Waals surface area contributed by atoms with E-state index in [0.717, 1.165) is 21.4 Å². The highest BCUT2D eigenvalue weighted by Crippen LogP contribution is 2.43. The number of aromatic hydroxyl groups is 2. The maximum Gasteiger partial charge on any atom is 0.331 e. The van der Waals surface area contributed by atoms with Gasteiger partial charge in [-0.1, -0.05) is 23.8 Å². The molecule has 2 N–H and O–H groups in total. The van der Waals surface area contributed by atoms with Crippen LogP contribution in [-0.2, 0) is 25.4 Å². The van der Waals surface area contributed by atoms with E-state index < -0.39 is 11.8 Å². The molecule has 0 amide bonds. The van der Waals surface area contributed by atoms with Crippen molar-refractivity contribution in [1.29, 1.82) is 0 Å². The van der Waals surface area contributed by atoms with Crippen molar-refractivity contribution >= 4 is 10.9 Å². The van der Waals surface area contributed by atoms with Crippen molar-refractivity contribution in [2.24, 2.45) is 14.1 Å². The monoisotopic (exact) mass is 433 g/mol. The first kappa shape index (κ1) is 20.1. The Morgan fingerprint density at radius 3 is 2.53 bits per heavy atom. The zero-order chi connectivity index (χ0) is 22.7. The van der Waals surface area contributed by atoms with E-state index in [9.17, 15) is 19.8 Å². The molecule has 8 heteroatoms. The van der Waals surface area contributed by atoms with Gasteiger partial charge in [0.15, 0.2) is 0 Å². The number of hydrogen-bond acceptors (Lipinski definition) is 5. The molecule has 0 aliphatic carbocycles. The third-order valence-corrected chi connectivity index (χ3v) is 6.14. The van der Waals surface area contributed by atoms with Crippen molar-refractivity contribution in [2.45, 2.75) is 19.6 Å².